The van der Waals surface area contributed by atoms with Crippen LogP contribution in [0.1, 0.15) is 31.9 Å². The molecule has 1 atom stereocenters. The lowest BCUT2D eigenvalue weighted by molar-refractivity contribution is 0.220. The average Bonchev–Trinajstić information content (AvgIpc) is 3.14. The normalized spacial score (nSPS) is 16.2. The van der Waals surface area contributed by atoms with E-state index in [0.717, 1.165) is 22.6 Å². The first-order valence-electron chi connectivity index (χ1n) is 9.88. The van der Waals surface area contributed by atoms with Crippen LogP contribution in [0.2, 0.25) is 0 Å². The maximum absolute atomic E-state index is 5.04. The largest absolute Gasteiger partial charge is 0.317 e. The lowest BCUT2D eigenvalue weighted by Gasteiger charge is -2.38. The molecule has 1 aliphatic heterocycles. The zero-order valence-corrected chi connectivity index (χ0v) is 17.1. The highest BCUT2D eigenvalue weighted by molar-refractivity contribution is 6.02. The van der Waals surface area contributed by atoms with Crippen molar-refractivity contribution >= 4 is 11.5 Å². The van der Waals surface area contributed by atoms with E-state index in [4.69, 9.17) is 5.10 Å². The van der Waals surface area contributed by atoms with Crippen molar-refractivity contribution in [1.82, 2.24) is 4.90 Å². The highest BCUT2D eigenvalue weighted by Crippen LogP contribution is 2.32. The Morgan fingerprint density at radius 3 is 1.90 bits per heavy atom. The Kier molecular flexibility index (Phi) is 5.10. The third-order valence-electron chi connectivity index (χ3n) is 4.80. The van der Waals surface area contributed by atoms with Crippen molar-refractivity contribution in [3.05, 3.63) is 102 Å². The lowest BCUT2D eigenvalue weighted by atomic mass is 10.0. The number of hydrogen-bond donors (Lipinski definition) is 0. The Labute approximate surface area is 173 Å². The first kappa shape index (κ1) is 18.8. The summed E-state index contributed by atoms with van der Waals surface area (Å²) in [6.07, 6.45) is -0.201. The van der Waals surface area contributed by atoms with Gasteiger partial charge in [0.15, 0.2) is 12.0 Å². The number of para-hydroxylation sites is 1. The zero-order chi connectivity index (χ0) is 20.3. The third kappa shape index (κ3) is 4.02. The highest BCUT2D eigenvalue weighted by atomic mass is 15.6. The fraction of sp³-hybridized carbons (Fsp3) is 0.192. The predicted molar refractivity (Wildman–Crippen MR) is 121 cm³/mol. The van der Waals surface area contributed by atoms with E-state index in [1.807, 2.05) is 59.6 Å². The number of hydrogen-bond acceptors (Lipinski definition) is 3. The molecule has 0 amide bonds. The number of nitrogens with zero attached hydrogens (tertiary/aromatic N) is 3. The summed E-state index contributed by atoms with van der Waals surface area (Å²) in [6, 6.07) is 30.7. The van der Waals surface area contributed by atoms with Gasteiger partial charge in [0.25, 0.3) is 0 Å². The molecule has 0 saturated heterocycles. The molecule has 144 valence electrons. The number of amidine groups is 1. The first-order chi connectivity index (χ1) is 14.0. The van der Waals surface area contributed by atoms with Crippen LogP contribution >= 0.6 is 0 Å². The van der Waals surface area contributed by atoms with E-state index in [1.165, 1.54) is 0 Å². The summed E-state index contributed by atoms with van der Waals surface area (Å²) in [7, 11) is 0. The highest BCUT2D eigenvalue weighted by Gasteiger charge is 2.40. The molecule has 0 aliphatic carbocycles. The lowest BCUT2D eigenvalue weighted by Crippen LogP contribution is -2.51. The molecule has 3 nitrogen and oxygen atoms in total. The molecular formula is C26H25N3. The molecule has 3 heteroatoms. The molecule has 0 saturated carbocycles. The van der Waals surface area contributed by atoms with Gasteiger partial charge in [0, 0.05) is 16.7 Å². The molecule has 0 aromatic heterocycles. The minimum atomic E-state index is -0.201. The third-order valence-corrected chi connectivity index (χ3v) is 4.80. The minimum absolute atomic E-state index is 0.158. The number of rotatable bonds is 2. The van der Waals surface area contributed by atoms with Gasteiger partial charge in [-0.3, -0.25) is 0 Å². The fourth-order valence-corrected chi connectivity index (χ4v) is 3.47. The molecule has 3 aromatic rings. The Bertz CT molecular complexity index is 1040. The zero-order valence-electron chi connectivity index (χ0n) is 17.1. The second-order valence-electron chi connectivity index (χ2n) is 8.02. The van der Waals surface area contributed by atoms with Gasteiger partial charge in [0.05, 0.1) is 5.69 Å². The van der Waals surface area contributed by atoms with Gasteiger partial charge in [-0.15, -0.1) is 0 Å². The van der Waals surface area contributed by atoms with Crippen LogP contribution < -0.4 is 5.01 Å². The van der Waals surface area contributed by atoms with Crippen molar-refractivity contribution < 1.29 is 0 Å². The predicted octanol–water partition coefficient (Wildman–Crippen LogP) is 5.35. The maximum Gasteiger partial charge on any atom is 0.188 e. The molecule has 0 bridgehead atoms. The van der Waals surface area contributed by atoms with Crippen LogP contribution in [-0.4, -0.2) is 22.4 Å². The summed E-state index contributed by atoms with van der Waals surface area (Å²) in [5, 5.41) is 7.07. The van der Waals surface area contributed by atoms with Crippen LogP contribution in [0.4, 0.5) is 5.69 Å². The summed E-state index contributed by atoms with van der Waals surface area (Å²) < 4.78 is 0. The van der Waals surface area contributed by atoms with Crippen molar-refractivity contribution in [1.29, 1.82) is 0 Å². The van der Waals surface area contributed by atoms with E-state index >= 15 is 0 Å². The van der Waals surface area contributed by atoms with Crippen molar-refractivity contribution in [3.8, 4) is 11.8 Å². The van der Waals surface area contributed by atoms with E-state index in [0.29, 0.717) is 0 Å². The molecule has 1 aliphatic rings. The van der Waals surface area contributed by atoms with Gasteiger partial charge >= 0.3 is 0 Å². The van der Waals surface area contributed by atoms with Gasteiger partial charge in [0.1, 0.15) is 0 Å². The molecule has 0 radical (unpaired) electrons. The van der Waals surface area contributed by atoms with E-state index < -0.39 is 0 Å². The van der Waals surface area contributed by atoms with E-state index in [2.05, 4.69) is 73.9 Å². The van der Waals surface area contributed by atoms with E-state index in [9.17, 15) is 0 Å². The Morgan fingerprint density at radius 1 is 0.759 bits per heavy atom. The molecule has 0 fully saturated rings. The van der Waals surface area contributed by atoms with Gasteiger partial charge in [0.2, 0.25) is 0 Å². The number of benzene rings is 3. The van der Waals surface area contributed by atoms with Gasteiger partial charge < -0.3 is 4.90 Å². The van der Waals surface area contributed by atoms with Crippen molar-refractivity contribution in [3.63, 3.8) is 0 Å². The quantitative estimate of drug-likeness (QED) is 0.559. The van der Waals surface area contributed by atoms with Crippen molar-refractivity contribution in [2.75, 3.05) is 5.01 Å². The van der Waals surface area contributed by atoms with Crippen LogP contribution in [0.3, 0.4) is 0 Å². The van der Waals surface area contributed by atoms with Gasteiger partial charge in [-0.25, -0.2) is 5.01 Å². The second kappa shape index (κ2) is 7.85. The topological polar surface area (TPSA) is 18.8 Å². The van der Waals surface area contributed by atoms with Crippen LogP contribution in [-0.2, 0) is 0 Å². The fourth-order valence-electron chi connectivity index (χ4n) is 3.47. The number of anilines is 1. The SMILES string of the molecule is CC(C)(C)N1C(c2ccccc2)=NN(c2ccccc2)[C@H]1C#Cc1ccccc1. The van der Waals surface area contributed by atoms with Crippen LogP contribution in [0.5, 0.6) is 0 Å². The Balaban J connectivity index is 1.84. The number of hydrazone groups is 1. The van der Waals surface area contributed by atoms with Crippen molar-refractivity contribution in [2.24, 2.45) is 5.10 Å². The summed E-state index contributed by atoms with van der Waals surface area (Å²) in [5.74, 6) is 7.78. The Morgan fingerprint density at radius 2 is 1.31 bits per heavy atom. The smallest absolute Gasteiger partial charge is 0.188 e. The average molecular weight is 380 g/mol. The molecule has 0 N–H and O–H groups in total. The van der Waals surface area contributed by atoms with Gasteiger partial charge in [-0.05, 0) is 51.0 Å². The molecule has 3 aromatic carbocycles. The summed E-state index contributed by atoms with van der Waals surface area (Å²) in [4.78, 5) is 2.31. The van der Waals surface area contributed by atoms with E-state index in [-0.39, 0.29) is 11.7 Å². The van der Waals surface area contributed by atoms with E-state index in [1.54, 1.807) is 0 Å². The molecule has 29 heavy (non-hydrogen) atoms. The second-order valence-corrected chi connectivity index (χ2v) is 8.02. The van der Waals surface area contributed by atoms with Gasteiger partial charge in [-0.2, -0.15) is 5.10 Å². The molecular weight excluding hydrogens is 354 g/mol. The van der Waals surface area contributed by atoms with Crippen LogP contribution in [0.15, 0.2) is 96.1 Å². The molecule has 1 heterocycles. The van der Waals surface area contributed by atoms with Crippen molar-refractivity contribution in [2.45, 2.75) is 32.5 Å². The van der Waals surface area contributed by atoms with Gasteiger partial charge in [-0.1, -0.05) is 72.7 Å². The van der Waals surface area contributed by atoms with Crippen LogP contribution in [0.25, 0.3) is 0 Å². The summed E-state index contributed by atoms with van der Waals surface area (Å²) in [5.41, 5.74) is 2.96. The molecule has 4 rings (SSSR count). The standard InChI is InChI=1S/C26H25N3/c1-26(2,3)28-24(20-19-21-13-7-4-8-14-21)29(23-17-11-6-12-18-23)27-25(28)22-15-9-5-10-16-22/h4-18,24H,1-3H3/t24-/m0/s1. The minimum Gasteiger partial charge on any atom is -0.317 e. The monoisotopic (exact) mass is 379 g/mol. The molecule has 0 spiro atoms. The van der Waals surface area contributed by atoms with Crippen LogP contribution in [0, 0.1) is 11.8 Å². The Hall–Kier alpha value is -3.51. The first-order valence-corrected chi connectivity index (χ1v) is 9.88. The summed E-state index contributed by atoms with van der Waals surface area (Å²) >= 11 is 0. The summed E-state index contributed by atoms with van der Waals surface area (Å²) in [6.45, 7) is 6.62. The maximum atomic E-state index is 5.04. The molecule has 0 unspecified atom stereocenters.